The van der Waals surface area contributed by atoms with E-state index in [0.29, 0.717) is 46.9 Å². The zero-order valence-corrected chi connectivity index (χ0v) is 35.0. The van der Waals surface area contributed by atoms with E-state index in [1.807, 2.05) is 0 Å². The van der Waals surface area contributed by atoms with Crippen molar-refractivity contribution < 1.29 is 18.6 Å². The molecular formula is C45H76O4Si. The van der Waals surface area contributed by atoms with Crippen LogP contribution in [-0.4, -0.2) is 39.5 Å². The van der Waals surface area contributed by atoms with Crippen LogP contribution >= 0.6 is 0 Å². The lowest BCUT2D eigenvalue weighted by molar-refractivity contribution is -0.226. The SMILES string of the molecule is CC(C)C(CC[C@H](C)[C@H]1CCC2C3C(OCc4ccccc4)CC4C[C@@H](OC5CCCCO5)CC[C@]4(C)C3CC[C@@]21C)O[Si](C)(C)C(C)(C)C. The minimum absolute atomic E-state index is 0.0156. The largest absolute Gasteiger partial charge is 0.414 e. The van der Waals surface area contributed by atoms with Gasteiger partial charge in [-0.15, -0.1) is 0 Å². The fourth-order valence-electron chi connectivity index (χ4n) is 12.0. The van der Waals surface area contributed by atoms with Gasteiger partial charge in [-0.25, -0.2) is 0 Å². The molecule has 0 spiro atoms. The Labute approximate surface area is 309 Å². The monoisotopic (exact) mass is 709 g/mol. The molecular weight excluding hydrogens is 633 g/mol. The summed E-state index contributed by atoms with van der Waals surface area (Å²) in [6, 6.07) is 10.9. The zero-order valence-electron chi connectivity index (χ0n) is 34.0. The number of benzene rings is 1. The highest BCUT2D eigenvalue weighted by Gasteiger charge is 2.63. The predicted molar refractivity (Wildman–Crippen MR) is 209 cm³/mol. The van der Waals surface area contributed by atoms with Gasteiger partial charge >= 0.3 is 0 Å². The molecule has 12 atom stereocenters. The summed E-state index contributed by atoms with van der Waals surface area (Å²) in [6.07, 6.45) is 17.5. The zero-order chi connectivity index (χ0) is 35.9. The summed E-state index contributed by atoms with van der Waals surface area (Å²) < 4.78 is 27.0. The summed E-state index contributed by atoms with van der Waals surface area (Å²) in [6.45, 7) is 26.4. The van der Waals surface area contributed by atoms with Crippen LogP contribution in [0, 0.1) is 52.3 Å². The second-order valence-corrected chi connectivity index (χ2v) is 25.1. The van der Waals surface area contributed by atoms with Crippen LogP contribution in [0.5, 0.6) is 0 Å². The summed E-state index contributed by atoms with van der Waals surface area (Å²) >= 11 is 0. The van der Waals surface area contributed by atoms with Crippen molar-refractivity contribution in [2.24, 2.45) is 52.3 Å². The van der Waals surface area contributed by atoms with E-state index in [1.165, 1.54) is 82.6 Å². The molecule has 7 unspecified atom stereocenters. The van der Waals surface area contributed by atoms with E-state index in [-0.39, 0.29) is 11.3 Å². The van der Waals surface area contributed by atoms with Crippen molar-refractivity contribution in [2.75, 3.05) is 6.61 Å². The lowest BCUT2D eigenvalue weighted by Crippen LogP contribution is -2.59. The Morgan fingerprint density at radius 2 is 1.58 bits per heavy atom. The van der Waals surface area contributed by atoms with Gasteiger partial charge in [0, 0.05) is 12.7 Å². The lowest BCUT2D eigenvalue weighted by atomic mass is 9.43. The highest BCUT2D eigenvalue weighted by molar-refractivity contribution is 6.74. The minimum Gasteiger partial charge on any atom is -0.414 e. The first-order valence-electron chi connectivity index (χ1n) is 21.2. The minimum atomic E-state index is -1.80. The van der Waals surface area contributed by atoms with E-state index >= 15 is 0 Å². The number of ether oxygens (including phenoxy) is 3. The highest BCUT2D eigenvalue weighted by atomic mass is 28.4. The summed E-state index contributed by atoms with van der Waals surface area (Å²) in [4.78, 5) is 0. The number of hydrogen-bond donors (Lipinski definition) is 0. The Morgan fingerprint density at radius 1 is 0.860 bits per heavy atom. The van der Waals surface area contributed by atoms with Gasteiger partial charge in [0.2, 0.25) is 0 Å². The molecule has 1 heterocycles. The molecule has 4 saturated carbocycles. The smallest absolute Gasteiger partial charge is 0.192 e. The fraction of sp³-hybridized carbons (Fsp3) is 0.867. The Bertz CT molecular complexity index is 1220. The summed E-state index contributed by atoms with van der Waals surface area (Å²) in [5.41, 5.74) is 2.11. The molecule has 1 saturated heterocycles. The second-order valence-electron chi connectivity index (χ2n) is 20.3. The van der Waals surface area contributed by atoms with Crippen LogP contribution in [0.2, 0.25) is 18.1 Å². The van der Waals surface area contributed by atoms with Gasteiger partial charge in [-0.3, -0.25) is 0 Å². The standard InChI is InChI=1S/C45H76O4Si/c1-31(2)39(49-50(9,10)43(4,5)6)22-19-32(3)36-20-21-37-42-38(24-26-45(36,37)8)44(7)25-23-35(48-41-18-14-15-27-46-41)28-34(44)29-40(42)47-30-33-16-12-11-13-17-33/h11-13,16-17,31-32,34-42H,14-15,18-30H2,1-10H3/t32-,34?,35-,36+,37?,38?,39?,40?,41?,42?,44-,45+/m0/s1. The first-order chi connectivity index (χ1) is 23.6. The van der Waals surface area contributed by atoms with Crippen molar-refractivity contribution in [3.05, 3.63) is 35.9 Å². The Balaban J connectivity index is 1.18. The van der Waals surface area contributed by atoms with Gasteiger partial charge in [-0.1, -0.05) is 85.7 Å². The average molecular weight is 709 g/mol. The van der Waals surface area contributed by atoms with Gasteiger partial charge in [0.15, 0.2) is 14.6 Å². The first kappa shape index (κ1) is 39.0. The number of hydrogen-bond acceptors (Lipinski definition) is 4. The van der Waals surface area contributed by atoms with Crippen molar-refractivity contribution in [1.29, 1.82) is 0 Å². The second kappa shape index (κ2) is 15.6. The average Bonchev–Trinajstić information content (AvgIpc) is 3.43. The van der Waals surface area contributed by atoms with Crippen LogP contribution in [0.4, 0.5) is 0 Å². The van der Waals surface area contributed by atoms with Crippen LogP contribution in [0.15, 0.2) is 30.3 Å². The molecule has 50 heavy (non-hydrogen) atoms. The third-order valence-corrected chi connectivity index (χ3v) is 20.6. The third-order valence-electron chi connectivity index (χ3n) is 16.1. The first-order valence-corrected chi connectivity index (χ1v) is 24.1. The maximum atomic E-state index is 7.17. The van der Waals surface area contributed by atoms with Gasteiger partial charge in [-0.2, -0.15) is 0 Å². The molecule has 0 amide bonds. The number of fused-ring (bicyclic) bond motifs is 5. The van der Waals surface area contributed by atoms with Gasteiger partial charge in [-0.05, 0) is 159 Å². The van der Waals surface area contributed by atoms with Crippen molar-refractivity contribution in [3.63, 3.8) is 0 Å². The van der Waals surface area contributed by atoms with Crippen LogP contribution in [0.1, 0.15) is 144 Å². The van der Waals surface area contributed by atoms with Crippen molar-refractivity contribution >= 4 is 8.32 Å². The molecule has 1 aromatic carbocycles. The summed E-state index contributed by atoms with van der Waals surface area (Å²) in [5, 5.41) is 0.251. The van der Waals surface area contributed by atoms with E-state index in [2.05, 4.69) is 98.8 Å². The molecule has 0 aromatic heterocycles. The molecule has 5 fully saturated rings. The molecule has 4 aliphatic carbocycles. The topological polar surface area (TPSA) is 36.9 Å². The van der Waals surface area contributed by atoms with Crippen molar-refractivity contribution in [2.45, 2.75) is 188 Å². The molecule has 4 nitrogen and oxygen atoms in total. The number of rotatable bonds is 12. The van der Waals surface area contributed by atoms with E-state index in [4.69, 9.17) is 18.6 Å². The maximum absolute atomic E-state index is 7.17. The summed E-state index contributed by atoms with van der Waals surface area (Å²) in [5.74, 6) is 4.95. The predicted octanol–water partition coefficient (Wildman–Crippen LogP) is 12.2. The van der Waals surface area contributed by atoms with Crippen LogP contribution in [0.25, 0.3) is 0 Å². The molecule has 5 heteroatoms. The Hall–Kier alpha value is -0.723. The van der Waals surface area contributed by atoms with Crippen LogP contribution in [-0.2, 0) is 25.2 Å². The molecule has 1 aliphatic heterocycles. The van der Waals surface area contributed by atoms with E-state index in [9.17, 15) is 0 Å². The van der Waals surface area contributed by atoms with E-state index < -0.39 is 8.32 Å². The van der Waals surface area contributed by atoms with Crippen LogP contribution < -0.4 is 0 Å². The molecule has 5 aliphatic rings. The molecule has 284 valence electrons. The van der Waals surface area contributed by atoms with Gasteiger partial charge in [0.1, 0.15) is 0 Å². The van der Waals surface area contributed by atoms with Gasteiger partial charge in [0.25, 0.3) is 0 Å². The van der Waals surface area contributed by atoms with E-state index in [1.54, 1.807) is 0 Å². The fourth-order valence-corrected chi connectivity index (χ4v) is 13.5. The summed E-state index contributed by atoms with van der Waals surface area (Å²) in [7, 11) is -1.80. The van der Waals surface area contributed by atoms with Gasteiger partial charge in [0.05, 0.1) is 18.8 Å². The van der Waals surface area contributed by atoms with Gasteiger partial charge < -0.3 is 18.6 Å². The van der Waals surface area contributed by atoms with Crippen molar-refractivity contribution in [1.82, 2.24) is 0 Å². The quantitative estimate of drug-likeness (QED) is 0.160. The molecule has 0 radical (unpaired) electrons. The molecule has 6 rings (SSSR count). The third kappa shape index (κ3) is 8.03. The molecule has 1 aromatic rings. The Kier molecular flexibility index (Phi) is 12.1. The van der Waals surface area contributed by atoms with Crippen LogP contribution in [0.3, 0.4) is 0 Å². The maximum Gasteiger partial charge on any atom is 0.192 e. The van der Waals surface area contributed by atoms with E-state index in [0.717, 1.165) is 43.3 Å². The Morgan fingerprint density at radius 3 is 2.26 bits per heavy atom. The highest BCUT2D eigenvalue weighted by Crippen LogP contribution is 2.69. The molecule has 0 bridgehead atoms. The molecule has 0 N–H and O–H groups in total. The lowest BCUT2D eigenvalue weighted by Gasteiger charge is -2.63. The van der Waals surface area contributed by atoms with Crippen molar-refractivity contribution in [3.8, 4) is 0 Å². The normalized spacial score (nSPS) is 39.0.